The monoisotopic (exact) mass is 217 g/mol. The third-order valence-electron chi connectivity index (χ3n) is 2.68. The first kappa shape index (κ1) is 14.9. The van der Waals surface area contributed by atoms with Gasteiger partial charge in [0.1, 0.15) is 6.73 Å². The molecule has 0 rings (SSSR count). The zero-order valence-electron chi connectivity index (χ0n) is 10.4. The Hall–Kier alpha value is -0.120. The van der Waals surface area contributed by atoms with Gasteiger partial charge < -0.3 is 9.94 Å². The van der Waals surface area contributed by atoms with E-state index in [-0.39, 0.29) is 6.73 Å². The van der Waals surface area contributed by atoms with Crippen molar-refractivity contribution in [1.29, 1.82) is 0 Å². The molecule has 0 saturated heterocycles. The standard InChI is InChI=1S/C12H27NO2/c1-3-4-5-6-7-8-9-10-11-13(12-14)15-2/h14H,3-12H2,1-2H3. The first-order valence-electron chi connectivity index (χ1n) is 6.25. The molecule has 0 aromatic carbocycles. The molecule has 3 nitrogen and oxygen atoms in total. The van der Waals surface area contributed by atoms with Crippen LogP contribution < -0.4 is 0 Å². The fraction of sp³-hybridized carbons (Fsp3) is 1.00. The highest BCUT2D eigenvalue weighted by molar-refractivity contribution is 4.47. The van der Waals surface area contributed by atoms with E-state index in [1.54, 1.807) is 12.2 Å². The molecule has 0 spiro atoms. The molecule has 0 fully saturated rings. The van der Waals surface area contributed by atoms with Crippen molar-refractivity contribution in [3.8, 4) is 0 Å². The van der Waals surface area contributed by atoms with Gasteiger partial charge in [-0.15, -0.1) is 0 Å². The van der Waals surface area contributed by atoms with E-state index in [4.69, 9.17) is 9.94 Å². The van der Waals surface area contributed by atoms with Gasteiger partial charge in [-0.3, -0.25) is 0 Å². The molecule has 0 radical (unpaired) electrons. The Morgan fingerprint density at radius 1 is 0.933 bits per heavy atom. The Morgan fingerprint density at radius 3 is 1.93 bits per heavy atom. The Labute approximate surface area is 94.4 Å². The highest BCUT2D eigenvalue weighted by atomic mass is 16.7. The summed E-state index contributed by atoms with van der Waals surface area (Å²) in [6.07, 6.45) is 10.5. The van der Waals surface area contributed by atoms with Gasteiger partial charge >= 0.3 is 0 Å². The van der Waals surface area contributed by atoms with Crippen molar-refractivity contribution in [2.75, 3.05) is 20.4 Å². The second-order valence-corrected chi connectivity index (χ2v) is 4.00. The topological polar surface area (TPSA) is 32.7 Å². The summed E-state index contributed by atoms with van der Waals surface area (Å²) in [4.78, 5) is 4.94. The summed E-state index contributed by atoms with van der Waals surface area (Å²) in [5, 5.41) is 10.4. The molecule has 0 aromatic heterocycles. The molecule has 0 heterocycles. The largest absolute Gasteiger partial charge is 0.379 e. The average Bonchev–Trinajstić information content (AvgIpc) is 2.27. The third kappa shape index (κ3) is 10.2. The van der Waals surface area contributed by atoms with Crippen molar-refractivity contribution < 1.29 is 9.94 Å². The van der Waals surface area contributed by atoms with E-state index in [0.29, 0.717) is 0 Å². The number of hydrogen-bond acceptors (Lipinski definition) is 3. The quantitative estimate of drug-likeness (QED) is 0.328. The van der Waals surface area contributed by atoms with E-state index in [0.717, 1.165) is 13.0 Å². The van der Waals surface area contributed by atoms with Crippen LogP contribution in [0.15, 0.2) is 0 Å². The zero-order valence-corrected chi connectivity index (χ0v) is 10.4. The summed E-state index contributed by atoms with van der Waals surface area (Å²) < 4.78 is 0. The van der Waals surface area contributed by atoms with Crippen LogP contribution in [0, 0.1) is 0 Å². The summed E-state index contributed by atoms with van der Waals surface area (Å²) in [6.45, 7) is 3.07. The number of hydrogen-bond donors (Lipinski definition) is 1. The van der Waals surface area contributed by atoms with Crippen LogP contribution >= 0.6 is 0 Å². The first-order valence-corrected chi connectivity index (χ1v) is 6.25. The summed E-state index contributed by atoms with van der Waals surface area (Å²) in [5.41, 5.74) is 0. The lowest BCUT2D eigenvalue weighted by molar-refractivity contribution is -0.173. The van der Waals surface area contributed by atoms with Gasteiger partial charge in [-0.1, -0.05) is 51.9 Å². The van der Waals surface area contributed by atoms with E-state index >= 15 is 0 Å². The van der Waals surface area contributed by atoms with Gasteiger partial charge in [0.15, 0.2) is 0 Å². The molecule has 0 aliphatic rings. The van der Waals surface area contributed by atoms with E-state index in [1.807, 2.05) is 0 Å². The van der Waals surface area contributed by atoms with Crippen LogP contribution in [0.4, 0.5) is 0 Å². The minimum Gasteiger partial charge on any atom is -0.379 e. The van der Waals surface area contributed by atoms with Crippen molar-refractivity contribution in [1.82, 2.24) is 5.06 Å². The Kier molecular flexibility index (Phi) is 11.9. The first-order chi connectivity index (χ1) is 7.35. The third-order valence-corrected chi connectivity index (χ3v) is 2.68. The number of nitrogens with zero attached hydrogens (tertiary/aromatic N) is 1. The molecule has 0 aliphatic carbocycles. The van der Waals surface area contributed by atoms with Gasteiger partial charge in [0.25, 0.3) is 0 Å². The Morgan fingerprint density at radius 2 is 1.47 bits per heavy atom. The van der Waals surface area contributed by atoms with Crippen LogP contribution in [0.5, 0.6) is 0 Å². The van der Waals surface area contributed by atoms with Crippen LogP contribution in [0.3, 0.4) is 0 Å². The maximum Gasteiger partial charge on any atom is 0.119 e. The van der Waals surface area contributed by atoms with Crippen molar-refractivity contribution >= 4 is 0 Å². The molecule has 0 bridgehead atoms. The molecule has 0 atom stereocenters. The highest BCUT2D eigenvalue weighted by Gasteiger charge is 1.99. The molecular formula is C12H27NO2. The van der Waals surface area contributed by atoms with Crippen LogP contribution in [-0.4, -0.2) is 30.6 Å². The number of aliphatic hydroxyl groups is 1. The second-order valence-electron chi connectivity index (χ2n) is 4.00. The summed E-state index contributed by atoms with van der Waals surface area (Å²) in [7, 11) is 1.60. The minimum atomic E-state index is -0.00694. The van der Waals surface area contributed by atoms with Gasteiger partial charge in [-0.2, -0.15) is 5.06 Å². The van der Waals surface area contributed by atoms with E-state index in [1.165, 1.54) is 44.9 Å². The second kappa shape index (κ2) is 12.0. The molecule has 0 aliphatic heterocycles. The molecule has 15 heavy (non-hydrogen) atoms. The molecular weight excluding hydrogens is 190 g/mol. The maximum absolute atomic E-state index is 8.83. The van der Waals surface area contributed by atoms with Gasteiger partial charge in [-0.05, 0) is 6.42 Å². The lowest BCUT2D eigenvalue weighted by Crippen LogP contribution is -2.24. The predicted molar refractivity (Wildman–Crippen MR) is 63.4 cm³/mol. The van der Waals surface area contributed by atoms with E-state index in [2.05, 4.69) is 6.92 Å². The summed E-state index contributed by atoms with van der Waals surface area (Å²) in [5.74, 6) is 0. The van der Waals surface area contributed by atoms with E-state index < -0.39 is 0 Å². The van der Waals surface area contributed by atoms with Crippen LogP contribution in [-0.2, 0) is 4.84 Å². The summed E-state index contributed by atoms with van der Waals surface area (Å²) in [6, 6.07) is 0. The number of unbranched alkanes of at least 4 members (excludes halogenated alkanes) is 7. The normalized spacial score (nSPS) is 11.2. The lowest BCUT2D eigenvalue weighted by atomic mass is 10.1. The van der Waals surface area contributed by atoms with Gasteiger partial charge in [0.2, 0.25) is 0 Å². The minimum absolute atomic E-state index is 0.00694. The lowest BCUT2D eigenvalue weighted by Gasteiger charge is -2.15. The van der Waals surface area contributed by atoms with Gasteiger partial charge in [-0.25, -0.2) is 0 Å². The van der Waals surface area contributed by atoms with Crippen molar-refractivity contribution in [2.24, 2.45) is 0 Å². The molecule has 3 heteroatoms. The molecule has 0 aromatic rings. The van der Waals surface area contributed by atoms with Crippen molar-refractivity contribution in [3.05, 3.63) is 0 Å². The maximum atomic E-state index is 8.83. The average molecular weight is 217 g/mol. The fourth-order valence-electron chi connectivity index (χ4n) is 1.64. The van der Waals surface area contributed by atoms with E-state index in [9.17, 15) is 0 Å². The Bertz CT molecular complexity index is 116. The van der Waals surface area contributed by atoms with Gasteiger partial charge in [0, 0.05) is 6.54 Å². The van der Waals surface area contributed by atoms with Crippen molar-refractivity contribution in [2.45, 2.75) is 58.3 Å². The fourth-order valence-corrected chi connectivity index (χ4v) is 1.64. The SMILES string of the molecule is CCCCCCCCCCN(CO)OC. The number of hydroxylamine groups is 2. The molecule has 0 saturated carbocycles. The molecule has 92 valence electrons. The van der Waals surface area contributed by atoms with Crippen molar-refractivity contribution in [3.63, 3.8) is 0 Å². The smallest absolute Gasteiger partial charge is 0.119 e. The van der Waals surface area contributed by atoms with Crippen LogP contribution in [0.2, 0.25) is 0 Å². The van der Waals surface area contributed by atoms with Gasteiger partial charge in [0.05, 0.1) is 7.11 Å². The number of rotatable bonds is 11. The molecule has 0 unspecified atom stereocenters. The number of aliphatic hydroxyl groups excluding tert-OH is 1. The summed E-state index contributed by atoms with van der Waals surface area (Å²) >= 11 is 0. The highest BCUT2D eigenvalue weighted by Crippen LogP contribution is 2.08. The zero-order chi connectivity index (χ0) is 11.4. The predicted octanol–water partition coefficient (Wildman–Crippen LogP) is 2.94. The molecule has 0 amide bonds. The molecule has 1 N–H and O–H groups in total. The Balaban J connectivity index is 3.04. The van der Waals surface area contributed by atoms with Crippen LogP contribution in [0.25, 0.3) is 0 Å². The van der Waals surface area contributed by atoms with Crippen LogP contribution in [0.1, 0.15) is 58.3 Å².